The fraction of sp³-hybridized carbons (Fsp3) is 0.458. The lowest BCUT2D eigenvalue weighted by atomic mass is 10.1. The van der Waals surface area contributed by atoms with Crippen LogP contribution in [0, 0.1) is 6.92 Å². The Morgan fingerprint density at radius 1 is 0.935 bits per heavy atom. The van der Waals surface area contributed by atoms with Crippen LogP contribution in [0.4, 0.5) is 5.69 Å². The first-order chi connectivity index (χ1) is 14.9. The lowest BCUT2D eigenvalue weighted by molar-refractivity contribution is -0.131. The first kappa shape index (κ1) is 22.7. The summed E-state index contributed by atoms with van der Waals surface area (Å²) in [5.41, 5.74) is 3.32. The van der Waals surface area contributed by atoms with E-state index in [-0.39, 0.29) is 5.91 Å². The van der Waals surface area contributed by atoms with Crippen molar-refractivity contribution in [3.8, 4) is 17.2 Å². The highest BCUT2D eigenvalue weighted by Gasteiger charge is 2.21. The summed E-state index contributed by atoms with van der Waals surface area (Å²) in [6.07, 6.45) is 0. The van der Waals surface area contributed by atoms with E-state index >= 15 is 0 Å². The third kappa shape index (κ3) is 5.61. The minimum absolute atomic E-state index is 0.118. The number of piperazine rings is 1. The van der Waals surface area contributed by atoms with Crippen molar-refractivity contribution in [1.29, 1.82) is 0 Å². The van der Waals surface area contributed by atoms with Crippen LogP contribution in [0.15, 0.2) is 36.4 Å². The molecule has 2 aromatic rings. The van der Waals surface area contributed by atoms with Gasteiger partial charge in [-0.25, -0.2) is 0 Å². The van der Waals surface area contributed by atoms with Crippen molar-refractivity contribution < 1.29 is 19.0 Å². The molecule has 0 bridgehead atoms. The quantitative estimate of drug-likeness (QED) is 0.646. The zero-order chi connectivity index (χ0) is 22.4. The molecular formula is C24H33N3O4. The number of hydrogen-bond donors (Lipinski definition) is 0. The SMILES string of the molecule is COc1ccc(N2CCN(CC(=O)N(C)Cc3cc(OC)c(OC)cc3C)CC2)cc1. The number of anilines is 1. The first-order valence-electron chi connectivity index (χ1n) is 10.5. The molecular weight excluding hydrogens is 394 g/mol. The van der Waals surface area contributed by atoms with E-state index < -0.39 is 0 Å². The lowest BCUT2D eigenvalue weighted by Gasteiger charge is -2.36. The zero-order valence-corrected chi connectivity index (χ0v) is 19.2. The van der Waals surface area contributed by atoms with Gasteiger partial charge in [-0.3, -0.25) is 9.69 Å². The van der Waals surface area contributed by atoms with E-state index in [1.807, 2.05) is 38.2 Å². The van der Waals surface area contributed by atoms with E-state index in [1.165, 1.54) is 5.69 Å². The maximum absolute atomic E-state index is 12.8. The standard InChI is InChI=1S/C24H33N3O4/c1-18-14-22(30-4)23(31-5)15-19(18)16-25(2)24(28)17-26-10-12-27(13-11-26)20-6-8-21(29-3)9-7-20/h6-9,14-15H,10-13,16-17H2,1-5H3. The normalized spacial score (nSPS) is 14.3. The van der Waals surface area contributed by atoms with Crippen LogP contribution in [0.25, 0.3) is 0 Å². The maximum atomic E-state index is 12.8. The summed E-state index contributed by atoms with van der Waals surface area (Å²) < 4.78 is 16.0. The molecule has 7 nitrogen and oxygen atoms in total. The number of aryl methyl sites for hydroxylation is 1. The van der Waals surface area contributed by atoms with Gasteiger partial charge in [0.2, 0.25) is 5.91 Å². The van der Waals surface area contributed by atoms with Crippen molar-refractivity contribution >= 4 is 11.6 Å². The highest BCUT2D eigenvalue weighted by molar-refractivity contribution is 5.78. The molecule has 0 aromatic heterocycles. The Bertz CT molecular complexity index is 877. The van der Waals surface area contributed by atoms with E-state index in [0.717, 1.165) is 43.1 Å². The van der Waals surface area contributed by atoms with Crippen LogP contribution in [0.5, 0.6) is 17.2 Å². The largest absolute Gasteiger partial charge is 0.497 e. The second-order valence-electron chi connectivity index (χ2n) is 7.84. The summed E-state index contributed by atoms with van der Waals surface area (Å²) in [6.45, 7) is 6.52. The minimum Gasteiger partial charge on any atom is -0.497 e. The number of carbonyl (C=O) groups is 1. The fourth-order valence-corrected chi connectivity index (χ4v) is 3.81. The summed E-state index contributed by atoms with van der Waals surface area (Å²) in [6, 6.07) is 12.0. The molecule has 1 aliphatic heterocycles. The molecule has 7 heteroatoms. The van der Waals surface area contributed by atoms with Gasteiger partial charge >= 0.3 is 0 Å². The van der Waals surface area contributed by atoms with Crippen LogP contribution in [0.1, 0.15) is 11.1 Å². The molecule has 31 heavy (non-hydrogen) atoms. The molecule has 0 spiro atoms. The summed E-state index contributed by atoms with van der Waals surface area (Å²) in [7, 11) is 6.78. The Morgan fingerprint density at radius 3 is 2.13 bits per heavy atom. The molecule has 0 atom stereocenters. The number of benzene rings is 2. The molecule has 0 unspecified atom stereocenters. The van der Waals surface area contributed by atoms with E-state index in [1.54, 1.807) is 26.2 Å². The summed E-state index contributed by atoms with van der Waals surface area (Å²) in [5, 5.41) is 0. The number of carbonyl (C=O) groups excluding carboxylic acids is 1. The molecule has 1 fully saturated rings. The summed E-state index contributed by atoms with van der Waals surface area (Å²) in [4.78, 5) is 19.2. The summed E-state index contributed by atoms with van der Waals surface area (Å²) in [5.74, 6) is 2.36. The van der Waals surface area contributed by atoms with Gasteiger partial charge in [0, 0.05) is 45.5 Å². The minimum atomic E-state index is 0.118. The molecule has 168 valence electrons. The molecule has 1 amide bonds. The van der Waals surface area contributed by atoms with Crippen LogP contribution in [0.3, 0.4) is 0 Å². The van der Waals surface area contributed by atoms with E-state index in [0.29, 0.717) is 24.6 Å². The average Bonchev–Trinajstić information content (AvgIpc) is 2.80. The van der Waals surface area contributed by atoms with E-state index in [4.69, 9.17) is 14.2 Å². The van der Waals surface area contributed by atoms with E-state index in [2.05, 4.69) is 21.9 Å². The summed E-state index contributed by atoms with van der Waals surface area (Å²) >= 11 is 0. The fourth-order valence-electron chi connectivity index (χ4n) is 3.81. The Kier molecular flexibility index (Phi) is 7.63. The lowest BCUT2D eigenvalue weighted by Crippen LogP contribution is -2.49. The van der Waals surface area contributed by atoms with Gasteiger partial charge in [-0.15, -0.1) is 0 Å². The van der Waals surface area contributed by atoms with Crippen LogP contribution in [-0.4, -0.2) is 76.8 Å². The van der Waals surface area contributed by atoms with Crippen molar-refractivity contribution in [3.63, 3.8) is 0 Å². The second kappa shape index (κ2) is 10.4. The molecule has 0 radical (unpaired) electrons. The van der Waals surface area contributed by atoms with E-state index in [9.17, 15) is 4.79 Å². The van der Waals surface area contributed by atoms with Crippen LogP contribution in [0.2, 0.25) is 0 Å². The molecule has 1 heterocycles. The number of ether oxygens (including phenoxy) is 3. The Balaban J connectivity index is 1.52. The van der Waals surface area contributed by atoms with Crippen molar-refractivity contribution in [2.24, 2.45) is 0 Å². The Labute approximate surface area is 185 Å². The van der Waals surface area contributed by atoms with Gasteiger partial charge in [0.1, 0.15) is 5.75 Å². The second-order valence-corrected chi connectivity index (χ2v) is 7.84. The number of methoxy groups -OCH3 is 3. The van der Waals surface area contributed by atoms with Gasteiger partial charge < -0.3 is 24.0 Å². The smallest absolute Gasteiger partial charge is 0.236 e. The predicted octanol–water partition coefficient (Wildman–Crippen LogP) is 2.80. The number of nitrogens with zero attached hydrogens (tertiary/aromatic N) is 3. The van der Waals surface area contributed by atoms with Crippen LogP contribution in [-0.2, 0) is 11.3 Å². The van der Waals surface area contributed by atoms with Gasteiger partial charge in [-0.2, -0.15) is 0 Å². The monoisotopic (exact) mass is 427 g/mol. The molecule has 1 saturated heterocycles. The van der Waals surface area contributed by atoms with Gasteiger partial charge in [-0.05, 0) is 54.4 Å². The average molecular weight is 428 g/mol. The number of rotatable bonds is 8. The third-order valence-electron chi connectivity index (χ3n) is 5.84. The van der Waals surface area contributed by atoms with Crippen LogP contribution < -0.4 is 19.1 Å². The van der Waals surface area contributed by atoms with Gasteiger partial charge in [0.25, 0.3) is 0 Å². The van der Waals surface area contributed by atoms with Crippen molar-refractivity contribution in [3.05, 3.63) is 47.5 Å². The molecule has 0 N–H and O–H groups in total. The number of hydrogen-bond acceptors (Lipinski definition) is 6. The topological polar surface area (TPSA) is 54.5 Å². The first-order valence-corrected chi connectivity index (χ1v) is 10.5. The third-order valence-corrected chi connectivity index (χ3v) is 5.84. The Morgan fingerprint density at radius 2 is 1.55 bits per heavy atom. The van der Waals surface area contributed by atoms with Crippen molar-refractivity contribution in [1.82, 2.24) is 9.80 Å². The van der Waals surface area contributed by atoms with Crippen molar-refractivity contribution in [2.45, 2.75) is 13.5 Å². The number of amides is 1. The molecule has 3 rings (SSSR count). The van der Waals surface area contributed by atoms with Crippen LogP contribution >= 0.6 is 0 Å². The van der Waals surface area contributed by atoms with Gasteiger partial charge in [-0.1, -0.05) is 0 Å². The molecule has 1 aliphatic rings. The molecule has 0 aliphatic carbocycles. The number of likely N-dealkylation sites (N-methyl/N-ethyl adjacent to an activating group) is 1. The Hall–Kier alpha value is -2.93. The zero-order valence-electron chi connectivity index (χ0n) is 19.2. The highest BCUT2D eigenvalue weighted by Crippen LogP contribution is 2.30. The van der Waals surface area contributed by atoms with Crippen molar-refractivity contribution in [2.75, 3.05) is 66.0 Å². The molecule has 0 saturated carbocycles. The maximum Gasteiger partial charge on any atom is 0.236 e. The predicted molar refractivity (Wildman–Crippen MR) is 122 cm³/mol. The molecule has 2 aromatic carbocycles. The van der Waals surface area contributed by atoms with Gasteiger partial charge in [0.05, 0.1) is 27.9 Å². The van der Waals surface area contributed by atoms with Gasteiger partial charge in [0.15, 0.2) is 11.5 Å². The highest BCUT2D eigenvalue weighted by atomic mass is 16.5.